The lowest BCUT2D eigenvalue weighted by Crippen LogP contribution is -2.47. The van der Waals surface area contributed by atoms with Crippen LogP contribution < -0.4 is 38.9 Å². The van der Waals surface area contributed by atoms with Gasteiger partial charge in [-0.1, -0.05) is 6.42 Å². The Balaban J connectivity index is 4.42. The van der Waals surface area contributed by atoms with E-state index in [-0.39, 0.29) is 55.9 Å². The number of nitrogens with two attached hydrogens (primary N) is 4. The van der Waals surface area contributed by atoms with Crippen molar-refractivity contribution in [3.05, 3.63) is 0 Å². The third-order valence-corrected chi connectivity index (χ3v) is 4.03. The summed E-state index contributed by atoms with van der Waals surface area (Å²) in [5.41, 5.74) is 21.2. The third kappa shape index (κ3) is 12.7. The highest BCUT2D eigenvalue weighted by molar-refractivity contribution is 5.79. The molecule has 0 aromatic heterocycles. The molecular weight excluding hydrogens is 354 g/mol. The van der Waals surface area contributed by atoms with Crippen molar-refractivity contribution in [2.75, 3.05) is 32.7 Å². The summed E-state index contributed by atoms with van der Waals surface area (Å²) in [6, 6.07) is -0.373. The summed E-state index contributed by atoms with van der Waals surface area (Å²) in [6.07, 6.45) is 2.89. The molecule has 0 saturated heterocycles. The van der Waals surface area contributed by atoms with Gasteiger partial charge in [0.25, 0.3) is 0 Å². The number of hydrogen-bond acceptors (Lipinski definition) is 7. The van der Waals surface area contributed by atoms with Crippen LogP contribution in [0.5, 0.6) is 0 Å². The van der Waals surface area contributed by atoms with Gasteiger partial charge in [-0.2, -0.15) is 0 Å². The molecule has 0 spiro atoms. The Bertz CT molecular complexity index is 487. The molecule has 11 heteroatoms. The van der Waals surface area contributed by atoms with Crippen LogP contribution in [0.2, 0.25) is 0 Å². The van der Waals surface area contributed by atoms with E-state index in [0.717, 1.165) is 0 Å². The predicted octanol–water partition coefficient (Wildman–Crippen LogP) is -3.37. The van der Waals surface area contributed by atoms with Crippen LogP contribution in [0.1, 0.15) is 32.1 Å². The van der Waals surface area contributed by atoms with E-state index >= 15 is 0 Å². The predicted molar refractivity (Wildman–Crippen MR) is 101 cm³/mol. The molecule has 11 nitrogen and oxygen atoms in total. The van der Waals surface area contributed by atoms with Crippen molar-refractivity contribution >= 4 is 23.6 Å². The molecule has 27 heavy (non-hydrogen) atoms. The number of rotatable bonds is 15. The standard InChI is InChI=1S/C16H33N7O4/c17-7-13(24)21-6-2-1-3-11(16(20)27)4-5-12(23-15(26)9-19)10-22-14(25)8-18/h11-12H,1-10,17-19H2,(H2,20,27)(H,21,24)(H,22,25)(H,23,26). The maximum atomic E-state index is 11.7. The first-order valence-corrected chi connectivity index (χ1v) is 9.06. The van der Waals surface area contributed by atoms with Gasteiger partial charge in [0.1, 0.15) is 0 Å². The van der Waals surface area contributed by atoms with E-state index in [1.165, 1.54) is 0 Å². The van der Waals surface area contributed by atoms with Crippen LogP contribution in [0, 0.1) is 5.92 Å². The van der Waals surface area contributed by atoms with E-state index in [2.05, 4.69) is 16.0 Å². The average molecular weight is 387 g/mol. The lowest BCUT2D eigenvalue weighted by Gasteiger charge is -2.21. The van der Waals surface area contributed by atoms with Gasteiger partial charge < -0.3 is 38.9 Å². The molecular formula is C16H33N7O4. The van der Waals surface area contributed by atoms with E-state index < -0.39 is 5.91 Å². The Kier molecular flexibility index (Phi) is 13.6. The molecule has 0 rings (SSSR count). The Labute approximate surface area is 159 Å². The minimum absolute atomic E-state index is 0.0550. The minimum Gasteiger partial charge on any atom is -0.369 e. The molecule has 156 valence electrons. The number of unbranched alkanes of at least 4 members (excludes halogenated alkanes) is 1. The molecule has 0 aromatic carbocycles. The molecule has 0 aliphatic carbocycles. The molecule has 0 fully saturated rings. The second-order valence-electron chi connectivity index (χ2n) is 6.20. The Morgan fingerprint density at radius 2 is 1.33 bits per heavy atom. The zero-order chi connectivity index (χ0) is 20.7. The van der Waals surface area contributed by atoms with E-state index in [4.69, 9.17) is 22.9 Å². The average Bonchev–Trinajstić information content (AvgIpc) is 2.66. The lowest BCUT2D eigenvalue weighted by atomic mass is 9.93. The van der Waals surface area contributed by atoms with Crippen LogP contribution in [0.4, 0.5) is 0 Å². The van der Waals surface area contributed by atoms with Gasteiger partial charge in [0.05, 0.1) is 19.6 Å². The number of nitrogens with one attached hydrogen (secondary N) is 3. The number of primary amides is 1. The van der Waals surface area contributed by atoms with E-state index in [0.29, 0.717) is 38.6 Å². The highest BCUT2D eigenvalue weighted by Crippen LogP contribution is 2.16. The summed E-state index contributed by atoms with van der Waals surface area (Å²) in [5.74, 6) is -1.70. The van der Waals surface area contributed by atoms with Crippen LogP contribution in [0.15, 0.2) is 0 Å². The number of carbonyl (C=O) groups is 4. The molecule has 0 aliphatic rings. The largest absolute Gasteiger partial charge is 0.369 e. The first-order chi connectivity index (χ1) is 12.8. The lowest BCUT2D eigenvalue weighted by molar-refractivity contribution is -0.123. The van der Waals surface area contributed by atoms with Gasteiger partial charge in [-0.3, -0.25) is 19.2 Å². The van der Waals surface area contributed by atoms with Crippen molar-refractivity contribution < 1.29 is 19.2 Å². The molecule has 0 heterocycles. The Hall–Kier alpha value is -2.24. The Morgan fingerprint density at radius 3 is 1.89 bits per heavy atom. The first kappa shape index (κ1) is 24.8. The summed E-state index contributed by atoms with van der Waals surface area (Å²) in [6.45, 7) is 0.304. The molecule has 2 atom stereocenters. The minimum atomic E-state index is -0.420. The van der Waals surface area contributed by atoms with Gasteiger partial charge in [0, 0.05) is 25.0 Å². The third-order valence-electron chi connectivity index (χ3n) is 4.03. The summed E-state index contributed by atoms with van der Waals surface area (Å²) in [4.78, 5) is 45.5. The molecule has 0 aliphatic heterocycles. The van der Waals surface area contributed by atoms with E-state index in [9.17, 15) is 19.2 Å². The van der Waals surface area contributed by atoms with Crippen molar-refractivity contribution in [3.63, 3.8) is 0 Å². The number of amides is 4. The fourth-order valence-corrected chi connectivity index (χ4v) is 2.47. The highest BCUT2D eigenvalue weighted by atomic mass is 16.2. The van der Waals surface area contributed by atoms with E-state index in [1.807, 2.05) is 0 Å². The van der Waals surface area contributed by atoms with Gasteiger partial charge in [-0.25, -0.2) is 0 Å². The van der Waals surface area contributed by atoms with Crippen LogP contribution in [-0.2, 0) is 19.2 Å². The maximum Gasteiger partial charge on any atom is 0.234 e. The zero-order valence-electron chi connectivity index (χ0n) is 15.7. The molecule has 2 unspecified atom stereocenters. The van der Waals surface area contributed by atoms with E-state index in [1.54, 1.807) is 0 Å². The van der Waals surface area contributed by atoms with Gasteiger partial charge in [-0.05, 0) is 25.7 Å². The second-order valence-corrected chi connectivity index (χ2v) is 6.20. The molecule has 11 N–H and O–H groups in total. The van der Waals surface area contributed by atoms with Crippen molar-refractivity contribution in [2.45, 2.75) is 38.1 Å². The van der Waals surface area contributed by atoms with Crippen molar-refractivity contribution in [2.24, 2.45) is 28.9 Å². The quantitative estimate of drug-likeness (QED) is 0.142. The summed E-state index contributed by atoms with van der Waals surface area (Å²) in [7, 11) is 0. The van der Waals surface area contributed by atoms with Crippen LogP contribution in [0.25, 0.3) is 0 Å². The van der Waals surface area contributed by atoms with Crippen LogP contribution >= 0.6 is 0 Å². The topological polar surface area (TPSA) is 208 Å². The van der Waals surface area contributed by atoms with Crippen LogP contribution in [0.3, 0.4) is 0 Å². The molecule has 0 aromatic rings. The maximum absolute atomic E-state index is 11.7. The normalized spacial score (nSPS) is 12.7. The van der Waals surface area contributed by atoms with Gasteiger partial charge in [0.2, 0.25) is 23.6 Å². The number of carbonyl (C=O) groups excluding carboxylic acids is 4. The van der Waals surface area contributed by atoms with Gasteiger partial charge in [0.15, 0.2) is 0 Å². The van der Waals surface area contributed by atoms with Gasteiger partial charge >= 0.3 is 0 Å². The highest BCUT2D eigenvalue weighted by Gasteiger charge is 2.19. The van der Waals surface area contributed by atoms with Crippen molar-refractivity contribution in [1.82, 2.24) is 16.0 Å². The van der Waals surface area contributed by atoms with Gasteiger partial charge in [-0.15, -0.1) is 0 Å². The zero-order valence-corrected chi connectivity index (χ0v) is 15.7. The molecule has 0 saturated carbocycles. The fraction of sp³-hybridized carbons (Fsp3) is 0.750. The molecule has 0 bridgehead atoms. The molecule has 4 amide bonds. The fourth-order valence-electron chi connectivity index (χ4n) is 2.47. The van der Waals surface area contributed by atoms with Crippen LogP contribution in [-0.4, -0.2) is 62.4 Å². The monoisotopic (exact) mass is 387 g/mol. The van der Waals surface area contributed by atoms with Crippen molar-refractivity contribution in [1.29, 1.82) is 0 Å². The Morgan fingerprint density at radius 1 is 0.741 bits per heavy atom. The summed E-state index contributed by atoms with van der Waals surface area (Å²) in [5, 5.41) is 7.97. The summed E-state index contributed by atoms with van der Waals surface area (Å²) >= 11 is 0. The number of hydrogen-bond donors (Lipinski definition) is 7. The molecule has 0 radical (unpaired) electrons. The second kappa shape index (κ2) is 14.9. The first-order valence-electron chi connectivity index (χ1n) is 9.06. The SMILES string of the molecule is NCC(=O)NCCCCC(CCC(CNC(=O)CN)NC(=O)CN)C(N)=O. The summed E-state index contributed by atoms with van der Waals surface area (Å²) < 4.78 is 0. The smallest absolute Gasteiger partial charge is 0.234 e. The van der Waals surface area contributed by atoms with Crippen molar-refractivity contribution in [3.8, 4) is 0 Å².